The van der Waals surface area contributed by atoms with Crippen molar-refractivity contribution in [1.82, 2.24) is 19.5 Å². The molecular weight excluding hydrogens is 385 g/mol. The summed E-state index contributed by atoms with van der Waals surface area (Å²) >= 11 is 1.68. The number of aryl methyl sites for hydroxylation is 1. The van der Waals surface area contributed by atoms with E-state index in [9.17, 15) is 9.67 Å². The third-order valence-corrected chi connectivity index (χ3v) is 5.07. The van der Waals surface area contributed by atoms with Crippen molar-refractivity contribution in [3.05, 3.63) is 12.0 Å². The van der Waals surface area contributed by atoms with Gasteiger partial charge in [-0.25, -0.2) is 14.5 Å². The van der Waals surface area contributed by atoms with Crippen LogP contribution in [0.5, 0.6) is 0 Å². The van der Waals surface area contributed by atoms with E-state index in [0.717, 1.165) is 11.4 Å². The number of phosphoric ester groups is 1. The summed E-state index contributed by atoms with van der Waals surface area (Å²) in [6.07, 6.45) is 1.99. The van der Waals surface area contributed by atoms with Gasteiger partial charge in [-0.15, -0.1) is 0 Å². The first-order valence-electron chi connectivity index (χ1n) is 7.80. The van der Waals surface area contributed by atoms with Crippen molar-refractivity contribution in [3.63, 3.8) is 0 Å². The van der Waals surface area contributed by atoms with Gasteiger partial charge < -0.3 is 25.4 Å². The van der Waals surface area contributed by atoms with Gasteiger partial charge in [-0.05, 0) is 12.0 Å². The van der Waals surface area contributed by atoms with Crippen molar-refractivity contribution < 1.29 is 28.7 Å². The number of fused-ring (bicyclic) bond motifs is 1. The number of thioether (sulfide) groups is 1. The van der Waals surface area contributed by atoms with Crippen LogP contribution < -0.4 is 5.73 Å². The lowest BCUT2D eigenvalue weighted by Crippen LogP contribution is -2.25. The summed E-state index contributed by atoms with van der Waals surface area (Å²) in [6.45, 7) is -0.426. The number of ether oxygens (including phenoxy) is 1. The predicted octanol–water partition coefficient (Wildman–Crippen LogP) is 0.0717. The average molecular weight is 405 g/mol. The second-order valence-corrected chi connectivity index (χ2v) is 8.04. The Labute approximate surface area is 153 Å². The van der Waals surface area contributed by atoms with Crippen molar-refractivity contribution >= 4 is 36.7 Å². The molecule has 3 rings (SSSR count). The number of nitrogens with zero attached hydrogens (tertiary/aromatic N) is 4. The number of aliphatic hydroxyl groups is 1. The van der Waals surface area contributed by atoms with Crippen LogP contribution in [0.1, 0.15) is 18.3 Å². The van der Waals surface area contributed by atoms with Crippen LogP contribution in [0.15, 0.2) is 6.33 Å². The van der Waals surface area contributed by atoms with Crippen LogP contribution in [0.2, 0.25) is 0 Å². The molecule has 0 unspecified atom stereocenters. The zero-order chi connectivity index (χ0) is 18.9. The third kappa shape index (κ3) is 4.34. The van der Waals surface area contributed by atoms with Crippen LogP contribution in [0.25, 0.3) is 11.2 Å². The molecule has 0 aliphatic carbocycles. The van der Waals surface area contributed by atoms with Crippen LogP contribution in [0.4, 0.5) is 5.95 Å². The minimum absolute atomic E-state index is 0.121. The minimum atomic E-state index is -4.64. The summed E-state index contributed by atoms with van der Waals surface area (Å²) in [6, 6.07) is 0. The van der Waals surface area contributed by atoms with E-state index in [4.69, 9.17) is 20.3 Å². The summed E-state index contributed by atoms with van der Waals surface area (Å²) in [5.41, 5.74) is 7.64. The van der Waals surface area contributed by atoms with Gasteiger partial charge in [-0.3, -0.25) is 9.09 Å². The van der Waals surface area contributed by atoms with Crippen LogP contribution in [-0.2, 0) is 20.2 Å². The Balaban J connectivity index is 1.82. The van der Waals surface area contributed by atoms with Crippen molar-refractivity contribution in [1.29, 1.82) is 0 Å². The number of phosphoric acid groups is 1. The fraction of sp³-hybridized carbons (Fsp3) is 0.615. The van der Waals surface area contributed by atoms with Crippen molar-refractivity contribution in [3.8, 4) is 0 Å². The Morgan fingerprint density at radius 3 is 2.96 bits per heavy atom. The molecule has 144 valence electrons. The highest BCUT2D eigenvalue weighted by atomic mass is 32.2. The molecule has 3 heterocycles. The summed E-state index contributed by atoms with van der Waals surface area (Å²) in [5, 5.41) is 10.1. The first-order chi connectivity index (χ1) is 12.3. The lowest BCUT2D eigenvalue weighted by atomic mass is 10.2. The summed E-state index contributed by atoms with van der Waals surface area (Å²) < 4.78 is 22.6. The Hall–Kier alpha value is -1.27. The van der Waals surface area contributed by atoms with Crippen LogP contribution in [0, 0.1) is 0 Å². The zero-order valence-corrected chi connectivity index (χ0v) is 15.6. The molecule has 0 amide bonds. The maximum Gasteiger partial charge on any atom is 0.469 e. The molecule has 0 bridgehead atoms. The Kier molecular flexibility index (Phi) is 5.82. The molecule has 2 aromatic rings. The number of hydrogen-bond donors (Lipinski definition) is 4. The molecule has 1 aliphatic rings. The van der Waals surface area contributed by atoms with Crippen molar-refractivity contribution in [2.45, 2.75) is 31.3 Å². The molecule has 2 aromatic heterocycles. The lowest BCUT2D eigenvalue weighted by Gasteiger charge is -2.16. The second kappa shape index (κ2) is 7.77. The molecule has 0 radical (unpaired) electrons. The van der Waals surface area contributed by atoms with Gasteiger partial charge in [0.1, 0.15) is 17.8 Å². The summed E-state index contributed by atoms with van der Waals surface area (Å²) in [4.78, 5) is 30.4. The predicted molar refractivity (Wildman–Crippen MR) is 94.4 cm³/mol. The number of nitrogens with two attached hydrogens (primary N) is 1. The Bertz CT molecular complexity index is 829. The van der Waals surface area contributed by atoms with Gasteiger partial charge in [0.25, 0.3) is 0 Å². The highest BCUT2D eigenvalue weighted by Gasteiger charge is 2.37. The minimum Gasteiger partial charge on any atom is -0.390 e. The van der Waals surface area contributed by atoms with Gasteiger partial charge in [0.05, 0.1) is 24.7 Å². The maximum atomic E-state index is 10.8. The number of anilines is 1. The molecular formula is C13H20N5O6PS. The first-order valence-corrected chi connectivity index (χ1v) is 10.7. The second-order valence-electron chi connectivity index (χ2n) is 5.81. The molecule has 1 aliphatic heterocycles. The highest BCUT2D eigenvalue weighted by molar-refractivity contribution is 7.98. The molecule has 3 atom stereocenters. The summed E-state index contributed by atoms with van der Waals surface area (Å²) in [5.74, 6) is 0.981. The van der Waals surface area contributed by atoms with Gasteiger partial charge in [0, 0.05) is 12.8 Å². The Morgan fingerprint density at radius 1 is 1.50 bits per heavy atom. The van der Waals surface area contributed by atoms with Crippen molar-refractivity contribution in [2.75, 3.05) is 24.3 Å². The highest BCUT2D eigenvalue weighted by Crippen LogP contribution is 2.38. The average Bonchev–Trinajstić information content (AvgIpc) is 3.13. The van der Waals surface area contributed by atoms with E-state index in [1.807, 2.05) is 6.26 Å². The van der Waals surface area contributed by atoms with Gasteiger partial charge in [0.15, 0.2) is 5.65 Å². The Morgan fingerprint density at radius 2 is 2.27 bits per heavy atom. The summed E-state index contributed by atoms with van der Waals surface area (Å²) in [7, 11) is -4.64. The van der Waals surface area contributed by atoms with E-state index in [1.54, 1.807) is 16.3 Å². The van der Waals surface area contributed by atoms with E-state index in [1.165, 1.54) is 6.33 Å². The molecule has 0 aromatic carbocycles. The number of hydrogen-bond acceptors (Lipinski definition) is 9. The fourth-order valence-corrected chi connectivity index (χ4v) is 3.52. The number of imidazole rings is 1. The smallest absolute Gasteiger partial charge is 0.390 e. The van der Waals surface area contributed by atoms with Crippen molar-refractivity contribution in [2.24, 2.45) is 0 Å². The third-order valence-electron chi connectivity index (χ3n) is 3.98. The molecule has 11 nitrogen and oxygen atoms in total. The number of nitrogen functional groups attached to an aromatic ring is 1. The number of aliphatic hydroxyl groups excluding tert-OH is 1. The maximum absolute atomic E-state index is 10.8. The van der Waals surface area contributed by atoms with E-state index >= 15 is 0 Å². The molecule has 0 saturated carbocycles. The van der Waals surface area contributed by atoms with E-state index in [0.29, 0.717) is 17.6 Å². The van der Waals surface area contributed by atoms with Crippen LogP contribution >= 0.6 is 19.6 Å². The molecule has 13 heteroatoms. The van der Waals surface area contributed by atoms with Gasteiger partial charge in [-0.1, -0.05) is 0 Å². The molecule has 5 N–H and O–H groups in total. The quantitative estimate of drug-likeness (QED) is 0.460. The van der Waals surface area contributed by atoms with Gasteiger partial charge >= 0.3 is 7.82 Å². The lowest BCUT2D eigenvalue weighted by molar-refractivity contribution is -0.0424. The number of aromatic nitrogens is 4. The molecule has 1 saturated heterocycles. The van der Waals surface area contributed by atoms with E-state index < -0.39 is 32.9 Å². The van der Waals surface area contributed by atoms with E-state index in [-0.39, 0.29) is 12.4 Å². The SMILES string of the molecule is CSCCc1nc(N)nc2c1ncn2[C@H]1C[C@H](O)[C@@H](COP(=O)(O)O)O1. The molecule has 26 heavy (non-hydrogen) atoms. The largest absolute Gasteiger partial charge is 0.469 e. The fourth-order valence-electron chi connectivity index (χ4n) is 2.78. The molecule has 0 spiro atoms. The van der Waals surface area contributed by atoms with Gasteiger partial charge in [0.2, 0.25) is 5.95 Å². The molecule has 1 fully saturated rings. The zero-order valence-electron chi connectivity index (χ0n) is 13.9. The topological polar surface area (TPSA) is 166 Å². The van der Waals surface area contributed by atoms with E-state index in [2.05, 4.69) is 19.5 Å². The van der Waals surface area contributed by atoms with Crippen LogP contribution in [0.3, 0.4) is 0 Å². The first kappa shape index (κ1) is 19.5. The van der Waals surface area contributed by atoms with Crippen LogP contribution in [-0.4, -0.2) is 65.2 Å². The standard InChI is InChI=1S/C13H20N5O6PS/c1-26-3-2-7-11-12(17-13(14)16-7)18(6-15-11)10-4-8(19)9(24-10)5-23-25(20,21)22/h6,8-10,19H,2-5H2,1H3,(H2,14,16,17)(H2,20,21,22)/t8-,9+,10+/m0/s1. The number of rotatable bonds is 7. The monoisotopic (exact) mass is 405 g/mol. The normalized spacial score (nSPS) is 23.8. The van der Waals surface area contributed by atoms with Gasteiger partial charge in [-0.2, -0.15) is 16.7 Å².